The zero-order chi connectivity index (χ0) is 2.00. The molecule has 0 rings (SSSR count). The van der Waals surface area contributed by atoms with Crippen molar-refractivity contribution in [1.82, 2.24) is 0 Å². The van der Waals surface area contributed by atoms with Crippen molar-refractivity contribution < 1.29 is 33.9 Å². The summed E-state index contributed by atoms with van der Waals surface area (Å²) < 4.78 is 0. The Balaban J connectivity index is -0.00000000167. The fourth-order valence-electron chi connectivity index (χ4n) is 0. The van der Waals surface area contributed by atoms with Crippen molar-refractivity contribution in [3.05, 3.63) is 0 Å². The molecule has 0 N–H and O–H groups in total. The number of hydrogen-bond acceptors (Lipinski definition) is 1. The molecule has 0 bridgehead atoms. The van der Waals surface area contributed by atoms with Crippen molar-refractivity contribution in [2.24, 2.45) is 0 Å². The van der Waals surface area contributed by atoms with E-state index in [4.69, 9.17) is 0 Å². The SMILES string of the molecule is [In+3].[S-2].[S]=[Cu].[Zn+2]. The third-order valence-electron chi connectivity index (χ3n) is 0. The normalized spacial score (nSPS) is 1.20. The van der Waals surface area contributed by atoms with E-state index in [-0.39, 0.29) is 58.8 Å². The minimum Gasteiger partial charge on any atom is 2.00 e. The molecule has 0 aromatic rings. The molecule has 0 aromatic carbocycles. The Labute approximate surface area is 82.5 Å². The smallest absolute Gasteiger partial charge is 2.00 e. The zero-order valence-electron chi connectivity index (χ0n) is 2.40. The van der Waals surface area contributed by atoms with Gasteiger partial charge in [0.15, 0.2) is 0 Å². The van der Waals surface area contributed by atoms with Crippen molar-refractivity contribution in [1.29, 1.82) is 0 Å². The largest absolute Gasteiger partial charge is 2.00 e. The van der Waals surface area contributed by atoms with Crippen LogP contribution in [0.5, 0.6) is 0 Å². The maximum atomic E-state index is 3.77. The molecule has 0 aromatic heterocycles. The molecule has 0 aliphatic rings. The fraction of sp³-hybridized carbons (Fsp3) is 0. The summed E-state index contributed by atoms with van der Waals surface area (Å²) in [6, 6.07) is 0. The van der Waals surface area contributed by atoms with Crippen LogP contribution in [-0.4, -0.2) is 25.8 Å². The first-order valence-electron chi connectivity index (χ1n) is 0.123. The van der Waals surface area contributed by atoms with E-state index < -0.39 is 0 Å². The molecule has 25 valence electrons. The van der Waals surface area contributed by atoms with E-state index in [0.29, 0.717) is 0 Å². The number of rotatable bonds is 0. The second-order valence-electron chi connectivity index (χ2n) is 0. The molecule has 0 saturated heterocycles. The molecule has 0 radical (unpaired) electrons. The topological polar surface area (TPSA) is 0 Å². The standard InChI is InChI=1S/Cu.In.2S.Zn/q;+3;;-2;+2. The van der Waals surface area contributed by atoms with Crippen molar-refractivity contribution in [2.75, 3.05) is 0 Å². The molecule has 0 amide bonds. The summed E-state index contributed by atoms with van der Waals surface area (Å²) in [7, 11) is 3.65. The van der Waals surface area contributed by atoms with E-state index in [1.54, 1.807) is 0 Å². The summed E-state index contributed by atoms with van der Waals surface area (Å²) in [6.45, 7) is 0. The first-order valence-corrected chi connectivity index (χ1v) is 1.52. The number of hydrogen-bond donors (Lipinski definition) is 0. The molecule has 0 aliphatic carbocycles. The Morgan fingerprint density at radius 2 is 1.20 bits per heavy atom. The van der Waals surface area contributed by atoms with Crippen LogP contribution in [0.25, 0.3) is 0 Å². The van der Waals surface area contributed by atoms with Crippen LogP contribution in [0.4, 0.5) is 0 Å². The summed E-state index contributed by atoms with van der Waals surface area (Å²) in [4.78, 5) is 0. The van der Waals surface area contributed by atoms with E-state index in [0.717, 1.165) is 0 Å². The van der Waals surface area contributed by atoms with E-state index in [9.17, 15) is 0 Å². The van der Waals surface area contributed by atoms with Crippen molar-refractivity contribution in [3.63, 3.8) is 0 Å². The first kappa shape index (κ1) is 25.6. The van der Waals surface area contributed by atoms with Gasteiger partial charge in [0.05, 0.1) is 0 Å². The molecule has 0 fully saturated rings. The van der Waals surface area contributed by atoms with Crippen LogP contribution in [0, 0.1) is 0 Å². The first-order chi connectivity index (χ1) is 1.00. The molecule has 0 aliphatic heterocycles. The molecule has 5 heteroatoms. The van der Waals surface area contributed by atoms with Crippen molar-refractivity contribution in [2.45, 2.75) is 0 Å². The van der Waals surface area contributed by atoms with E-state index in [1.165, 1.54) is 0 Å². The van der Waals surface area contributed by atoms with Crippen LogP contribution in [0.3, 0.4) is 0 Å². The summed E-state index contributed by atoms with van der Waals surface area (Å²) in [5, 5.41) is 0. The Morgan fingerprint density at radius 1 is 1.20 bits per heavy atom. The Kier molecular flexibility index (Phi) is 157. The summed E-state index contributed by atoms with van der Waals surface area (Å²) in [5.41, 5.74) is 0. The monoisotopic (exact) mass is 306 g/mol. The average molecular weight is 308 g/mol. The minimum atomic E-state index is 0. The fourth-order valence-corrected chi connectivity index (χ4v) is 0. The molecule has 0 atom stereocenters. The van der Waals surface area contributed by atoms with Gasteiger partial charge in [0, 0.05) is 0 Å². The van der Waals surface area contributed by atoms with Gasteiger partial charge in [0.2, 0.25) is 0 Å². The van der Waals surface area contributed by atoms with Gasteiger partial charge in [-0.25, -0.2) is 0 Å². The summed E-state index contributed by atoms with van der Waals surface area (Å²) in [6.07, 6.45) is 0. The quantitative estimate of drug-likeness (QED) is 0.579. The Bertz CT molecular complexity index is 9.61. The van der Waals surface area contributed by atoms with Crippen molar-refractivity contribution >= 4 is 49.9 Å². The van der Waals surface area contributed by atoms with Gasteiger partial charge in [-0.2, -0.15) is 0 Å². The van der Waals surface area contributed by atoms with Crippen LogP contribution in [0.1, 0.15) is 0 Å². The molecular formula is CuInS2Zn+3. The predicted molar refractivity (Wildman–Crippen MR) is 20.7 cm³/mol. The van der Waals surface area contributed by atoms with Gasteiger partial charge in [-0.05, 0) is 0 Å². The maximum Gasteiger partial charge on any atom is 2.00 e. The summed E-state index contributed by atoms with van der Waals surface area (Å²) >= 11 is 3.77. The minimum absolute atomic E-state index is 0. The third-order valence-corrected chi connectivity index (χ3v) is 0. The predicted octanol–water partition coefficient (Wildman–Crippen LogP) is 0.260. The maximum absolute atomic E-state index is 3.77. The van der Waals surface area contributed by atoms with Gasteiger partial charge in [-0.15, -0.1) is 0 Å². The third kappa shape index (κ3) is 20.7. The van der Waals surface area contributed by atoms with Crippen LogP contribution >= 0.6 is 10.6 Å². The van der Waals surface area contributed by atoms with Crippen LogP contribution < -0.4 is 0 Å². The van der Waals surface area contributed by atoms with Gasteiger partial charge in [-0.3, -0.25) is 0 Å². The molecule has 0 heterocycles. The molecule has 0 saturated carbocycles. The van der Waals surface area contributed by atoms with E-state index in [1.807, 2.05) is 0 Å². The van der Waals surface area contributed by atoms with Crippen LogP contribution in [0.15, 0.2) is 0 Å². The van der Waals surface area contributed by atoms with E-state index in [2.05, 4.69) is 24.9 Å². The van der Waals surface area contributed by atoms with Gasteiger partial charge >= 0.3 is 70.3 Å². The Morgan fingerprint density at radius 3 is 1.20 bits per heavy atom. The van der Waals surface area contributed by atoms with Gasteiger partial charge < -0.3 is 13.5 Å². The van der Waals surface area contributed by atoms with Gasteiger partial charge in [-0.1, -0.05) is 0 Å². The van der Waals surface area contributed by atoms with Gasteiger partial charge in [0.1, 0.15) is 0 Å². The second kappa shape index (κ2) is 30.8. The van der Waals surface area contributed by atoms with E-state index >= 15 is 0 Å². The van der Waals surface area contributed by atoms with Crippen molar-refractivity contribution in [3.8, 4) is 0 Å². The zero-order valence-corrected chi connectivity index (χ0v) is 11.2. The second-order valence-corrected chi connectivity index (χ2v) is 0. The van der Waals surface area contributed by atoms with Crippen LogP contribution in [-0.2, 0) is 47.4 Å². The average Bonchev–Trinajstić information content (AvgIpc) is 1.00. The molecule has 0 unspecified atom stereocenters. The summed E-state index contributed by atoms with van der Waals surface area (Å²) in [5.74, 6) is 0. The van der Waals surface area contributed by atoms with Gasteiger partial charge in [0.25, 0.3) is 0 Å². The molecular weight excluding hydrogens is 308 g/mol. The molecule has 5 heavy (non-hydrogen) atoms. The molecule has 0 nitrogen and oxygen atoms in total. The molecule has 0 spiro atoms. The Hall–Kier alpha value is 2.58. The van der Waals surface area contributed by atoms with Crippen LogP contribution in [0.2, 0.25) is 0 Å².